The van der Waals surface area contributed by atoms with Crippen LogP contribution in [-0.4, -0.2) is 60.8 Å². The Bertz CT molecular complexity index is 2000. The highest BCUT2D eigenvalue weighted by atomic mass is 16.6. The summed E-state index contributed by atoms with van der Waals surface area (Å²) in [5, 5.41) is 23.0. The number of esters is 2. The Hall–Kier alpha value is -5.70. The number of hydrogen-bond acceptors (Lipinski definition) is 8. The van der Waals surface area contributed by atoms with Crippen molar-refractivity contribution < 1.29 is 38.7 Å². The van der Waals surface area contributed by atoms with Crippen molar-refractivity contribution in [3.63, 3.8) is 0 Å². The van der Waals surface area contributed by atoms with Crippen LogP contribution >= 0.6 is 0 Å². The highest BCUT2D eigenvalue weighted by Gasteiger charge is 2.46. The molecule has 1 aliphatic carbocycles. The van der Waals surface area contributed by atoms with Gasteiger partial charge in [0.15, 0.2) is 0 Å². The molecule has 1 aliphatic rings. The number of aliphatic hydroxyl groups excluding tert-OH is 2. The Morgan fingerprint density at radius 3 is 1.53 bits per heavy atom. The maximum Gasteiger partial charge on any atom is 0.333 e. The third-order valence-corrected chi connectivity index (χ3v) is 8.88. The molecule has 0 heterocycles. The zero-order valence-corrected chi connectivity index (χ0v) is 28.6. The lowest BCUT2D eigenvalue weighted by Gasteiger charge is -2.34. The molecular weight excluding hydrogens is 644 g/mol. The quantitative estimate of drug-likeness (QED) is 0.0940. The number of rotatable bonds is 14. The van der Waals surface area contributed by atoms with Crippen molar-refractivity contribution in [3.8, 4) is 22.6 Å². The van der Waals surface area contributed by atoms with Gasteiger partial charge in [0.2, 0.25) is 0 Å². The molecule has 2 unspecified atom stereocenters. The fraction of sp³-hybridized carbons (Fsp3) is 0.209. The summed E-state index contributed by atoms with van der Waals surface area (Å²) >= 11 is 0. The molecule has 260 valence electrons. The Morgan fingerprint density at radius 2 is 1.04 bits per heavy atom. The van der Waals surface area contributed by atoms with Gasteiger partial charge in [-0.1, -0.05) is 86.0 Å². The number of hydrogen-bond donors (Lipinski definition) is 2. The van der Waals surface area contributed by atoms with Gasteiger partial charge in [0.25, 0.3) is 0 Å². The smallest absolute Gasteiger partial charge is 0.333 e. The van der Waals surface area contributed by atoms with Gasteiger partial charge in [-0.05, 0) is 94.4 Å². The summed E-state index contributed by atoms with van der Waals surface area (Å²) in [6.07, 6.45) is -2.01. The Labute approximate surface area is 297 Å². The molecule has 51 heavy (non-hydrogen) atoms. The highest BCUT2D eigenvalue weighted by molar-refractivity contribution is 5.96. The number of benzene rings is 5. The van der Waals surface area contributed by atoms with Crippen LogP contribution < -0.4 is 9.47 Å². The van der Waals surface area contributed by atoms with E-state index in [2.05, 4.69) is 61.7 Å². The summed E-state index contributed by atoms with van der Waals surface area (Å²) in [5.74, 6) is -0.0133. The fourth-order valence-electron chi connectivity index (χ4n) is 6.43. The number of aliphatic hydroxyl groups is 2. The van der Waals surface area contributed by atoms with Crippen molar-refractivity contribution in [2.45, 2.75) is 31.5 Å². The third kappa shape index (κ3) is 7.29. The minimum atomic E-state index is -1.01. The van der Waals surface area contributed by atoms with Gasteiger partial charge in [-0.2, -0.15) is 0 Å². The largest absolute Gasteiger partial charge is 0.491 e. The average molecular weight is 685 g/mol. The Balaban J connectivity index is 1.34. The summed E-state index contributed by atoms with van der Waals surface area (Å²) in [6, 6.07) is 37.0. The van der Waals surface area contributed by atoms with E-state index in [4.69, 9.17) is 18.9 Å². The minimum Gasteiger partial charge on any atom is -0.491 e. The van der Waals surface area contributed by atoms with Crippen LogP contribution in [0.1, 0.15) is 36.1 Å². The van der Waals surface area contributed by atoms with E-state index in [0.29, 0.717) is 11.5 Å². The molecule has 0 saturated heterocycles. The van der Waals surface area contributed by atoms with Crippen molar-refractivity contribution in [1.29, 1.82) is 0 Å². The van der Waals surface area contributed by atoms with Crippen molar-refractivity contribution in [1.82, 2.24) is 0 Å². The van der Waals surface area contributed by atoms with Gasteiger partial charge in [-0.15, -0.1) is 0 Å². The van der Waals surface area contributed by atoms with Crippen LogP contribution in [0.4, 0.5) is 0 Å². The molecule has 0 aromatic heterocycles. The van der Waals surface area contributed by atoms with Gasteiger partial charge in [-0.25, -0.2) is 9.59 Å². The summed E-state index contributed by atoms with van der Waals surface area (Å²) < 4.78 is 21.9. The van der Waals surface area contributed by atoms with Crippen molar-refractivity contribution in [2.75, 3.05) is 26.4 Å². The highest BCUT2D eigenvalue weighted by Crippen LogP contribution is 2.57. The minimum absolute atomic E-state index is 0.0574. The van der Waals surface area contributed by atoms with E-state index in [1.807, 2.05) is 60.7 Å². The third-order valence-electron chi connectivity index (χ3n) is 8.88. The zero-order chi connectivity index (χ0) is 36.1. The first-order chi connectivity index (χ1) is 24.6. The molecule has 0 radical (unpaired) electrons. The van der Waals surface area contributed by atoms with Crippen molar-refractivity contribution in [3.05, 3.63) is 156 Å². The lowest BCUT2D eigenvalue weighted by Crippen LogP contribution is -2.29. The summed E-state index contributed by atoms with van der Waals surface area (Å²) in [5.41, 5.74) is 6.37. The summed E-state index contributed by atoms with van der Waals surface area (Å²) in [6.45, 7) is 9.69. The summed E-state index contributed by atoms with van der Waals surface area (Å²) in [7, 11) is 0. The van der Waals surface area contributed by atoms with Gasteiger partial charge in [0.1, 0.15) is 50.1 Å². The van der Waals surface area contributed by atoms with Crippen LogP contribution in [-0.2, 0) is 24.5 Å². The average Bonchev–Trinajstić information content (AvgIpc) is 3.43. The normalized spacial score (nSPS) is 15.6. The van der Waals surface area contributed by atoms with Gasteiger partial charge in [0, 0.05) is 11.1 Å². The SMILES string of the molecule is C=C(C)C(=O)OCC(O)COc1ccc(C2(c3ccc(OCC(O)COC(=O)C(=C)C)cc3)c3ccccc3-c3cc4ccccc4cc32)cc1. The molecule has 0 spiro atoms. The second-order valence-electron chi connectivity index (χ2n) is 12.8. The first kappa shape index (κ1) is 35.1. The predicted molar refractivity (Wildman–Crippen MR) is 196 cm³/mol. The van der Waals surface area contributed by atoms with Crippen LogP contribution in [0.15, 0.2) is 133 Å². The molecule has 2 atom stereocenters. The van der Waals surface area contributed by atoms with Crippen molar-refractivity contribution in [2.24, 2.45) is 0 Å². The predicted octanol–water partition coefficient (Wildman–Crippen LogP) is 6.92. The first-order valence-electron chi connectivity index (χ1n) is 16.7. The Morgan fingerprint density at radius 1 is 0.588 bits per heavy atom. The molecule has 5 aromatic carbocycles. The molecule has 0 aliphatic heterocycles. The zero-order valence-electron chi connectivity index (χ0n) is 28.6. The number of ether oxygens (including phenoxy) is 4. The van der Waals surface area contributed by atoms with Gasteiger partial charge in [-0.3, -0.25) is 0 Å². The van der Waals surface area contributed by atoms with Crippen molar-refractivity contribution >= 4 is 22.7 Å². The monoisotopic (exact) mass is 684 g/mol. The molecule has 0 amide bonds. The lowest BCUT2D eigenvalue weighted by molar-refractivity contribution is -0.143. The first-order valence-corrected chi connectivity index (χ1v) is 16.7. The number of fused-ring (bicyclic) bond motifs is 4. The summed E-state index contributed by atoms with van der Waals surface area (Å²) in [4.78, 5) is 23.4. The number of carbonyl (C=O) groups is 2. The van der Waals surface area contributed by atoms with E-state index in [0.717, 1.165) is 44.2 Å². The maximum absolute atomic E-state index is 11.7. The van der Waals surface area contributed by atoms with E-state index in [1.165, 1.54) is 0 Å². The molecule has 6 rings (SSSR count). The fourth-order valence-corrected chi connectivity index (χ4v) is 6.43. The molecule has 0 saturated carbocycles. The van der Waals surface area contributed by atoms with E-state index < -0.39 is 29.6 Å². The standard InChI is InChI=1S/C43H40O8/c1-27(2)41(46)50-25-33(44)23-48-35-17-13-31(14-18-35)43(32-15-19-36(20-16-32)49-24-34(45)26-51-42(47)28(3)4)39-12-8-7-11-37(39)38-21-29-9-5-6-10-30(29)22-40(38)43/h5-22,33-34,44-45H,1,3,23-26H2,2,4H3. The van der Waals surface area contributed by atoms with Crippen LogP contribution in [0.25, 0.3) is 21.9 Å². The molecule has 8 heteroatoms. The van der Waals surface area contributed by atoms with E-state index in [9.17, 15) is 19.8 Å². The van der Waals surface area contributed by atoms with Gasteiger partial charge < -0.3 is 29.2 Å². The second kappa shape index (κ2) is 15.0. The van der Waals surface area contributed by atoms with Gasteiger partial charge >= 0.3 is 11.9 Å². The van der Waals surface area contributed by atoms with Crippen LogP contribution in [0, 0.1) is 0 Å². The van der Waals surface area contributed by atoms with Crippen LogP contribution in [0.2, 0.25) is 0 Å². The molecule has 0 bridgehead atoms. The molecule has 5 aromatic rings. The number of carbonyl (C=O) groups excluding carboxylic acids is 2. The molecular formula is C43H40O8. The van der Waals surface area contributed by atoms with E-state index in [-0.39, 0.29) is 37.6 Å². The van der Waals surface area contributed by atoms with Crippen LogP contribution in [0.3, 0.4) is 0 Å². The van der Waals surface area contributed by atoms with Crippen LogP contribution in [0.5, 0.6) is 11.5 Å². The van der Waals surface area contributed by atoms with E-state index >= 15 is 0 Å². The topological polar surface area (TPSA) is 112 Å². The molecule has 2 N–H and O–H groups in total. The van der Waals surface area contributed by atoms with Gasteiger partial charge in [0.05, 0.1) is 5.41 Å². The second-order valence-corrected chi connectivity index (χ2v) is 12.8. The molecule has 0 fully saturated rings. The maximum atomic E-state index is 11.7. The molecule has 8 nitrogen and oxygen atoms in total. The Kier molecular flexibility index (Phi) is 10.4. The van der Waals surface area contributed by atoms with E-state index in [1.54, 1.807) is 13.8 Å². The lowest BCUT2D eigenvalue weighted by atomic mass is 9.67.